The quantitative estimate of drug-likeness (QED) is 0.452. The minimum absolute atomic E-state index is 1.75. The van der Waals surface area contributed by atoms with Crippen LogP contribution in [-0.4, -0.2) is 36.5 Å². The molecule has 5 nitrogen and oxygen atoms in total. The molecule has 0 rings (SSSR count). The zero-order chi connectivity index (χ0) is 15.2. The van der Waals surface area contributed by atoms with Crippen LogP contribution in [0, 0.1) is 0 Å². The second-order valence-corrected chi connectivity index (χ2v) is 4.21. The Bertz CT molecular complexity index is 413. The van der Waals surface area contributed by atoms with Gasteiger partial charge in [-0.3, -0.25) is 10.3 Å². The number of rotatable bonds is 5. The molecule has 18 heavy (non-hydrogen) atoms. The van der Waals surface area contributed by atoms with Crippen LogP contribution in [0.15, 0.2) is 0 Å². The highest BCUT2D eigenvalue weighted by molar-refractivity contribution is 7.86. The third-order valence-electron chi connectivity index (χ3n) is 1.31. The first-order chi connectivity index (χ1) is 7.46. The summed E-state index contributed by atoms with van der Waals surface area (Å²) in [5.41, 5.74) is 3.37. The van der Waals surface area contributed by atoms with Crippen LogP contribution in [0.25, 0.3) is 0 Å². The van der Waals surface area contributed by atoms with Gasteiger partial charge in [0, 0.05) is 0 Å². The number of hydrogen-bond acceptors (Lipinski definition) is 4. The van der Waals surface area contributed by atoms with Crippen molar-refractivity contribution in [2.45, 2.75) is 23.5 Å². The van der Waals surface area contributed by atoms with Gasteiger partial charge in [-0.15, -0.1) is 0 Å². The lowest BCUT2D eigenvalue weighted by Gasteiger charge is -2.29. The van der Waals surface area contributed by atoms with Crippen molar-refractivity contribution in [1.82, 2.24) is 0 Å². The molecule has 0 aromatic carbocycles. The second-order valence-electron chi connectivity index (χ2n) is 2.75. The van der Waals surface area contributed by atoms with Crippen LogP contribution in [0.1, 0.15) is 0 Å². The predicted molar refractivity (Wildman–Crippen MR) is 36.6 cm³/mol. The lowest BCUT2D eigenvalue weighted by molar-refractivity contribution is -0.455. The molecule has 110 valence electrons. The van der Waals surface area contributed by atoms with E-state index in [4.69, 9.17) is 4.55 Å². The van der Waals surface area contributed by atoms with Gasteiger partial charge in [-0.1, -0.05) is 0 Å². The Kier molecular flexibility index (Phi) is 3.97. The fourth-order valence-electron chi connectivity index (χ4n) is 0.439. The zero-order valence-electron chi connectivity index (χ0n) is 7.68. The summed E-state index contributed by atoms with van der Waals surface area (Å²) in [6.07, 6.45) is -13.0. The zero-order valence-corrected chi connectivity index (χ0v) is 8.50. The molecule has 14 heteroatoms. The van der Waals surface area contributed by atoms with Crippen LogP contribution in [0.3, 0.4) is 0 Å². The lowest BCUT2D eigenvalue weighted by Crippen LogP contribution is -2.58. The van der Waals surface area contributed by atoms with Crippen molar-refractivity contribution in [2.75, 3.05) is 0 Å². The SMILES string of the molecule is NC(F)(F)C(F)(F)OC(F)(F)C(F)(F)S(=O)(=O)O. The first-order valence-corrected chi connectivity index (χ1v) is 4.87. The molecule has 0 aliphatic carbocycles. The molecule has 0 saturated carbocycles. The van der Waals surface area contributed by atoms with E-state index in [0.29, 0.717) is 0 Å². The molecule has 0 amide bonds. The molecule has 0 aliphatic heterocycles. The van der Waals surface area contributed by atoms with Crippen LogP contribution in [0.5, 0.6) is 0 Å². The highest BCUT2D eigenvalue weighted by atomic mass is 32.2. The molecule has 0 aliphatic rings. The van der Waals surface area contributed by atoms with Gasteiger partial charge >= 0.3 is 33.6 Å². The molecule has 3 N–H and O–H groups in total. The van der Waals surface area contributed by atoms with E-state index in [1.54, 1.807) is 4.74 Å². The standard InChI is InChI=1S/C4H3F8NO4S/c5-1(6,13)2(7,8)17-3(9,10)4(11,12)18(14,15)16/h13H2,(H,14,15,16). The molecule has 0 aromatic rings. The molecule has 0 heterocycles. The summed E-state index contributed by atoms with van der Waals surface area (Å²) in [7, 11) is -6.91. The van der Waals surface area contributed by atoms with Gasteiger partial charge in [0.2, 0.25) is 0 Å². The van der Waals surface area contributed by atoms with Crippen LogP contribution in [0.2, 0.25) is 0 Å². The molecular weight excluding hydrogens is 310 g/mol. The summed E-state index contributed by atoms with van der Waals surface area (Å²) in [5, 5.41) is -6.59. The van der Waals surface area contributed by atoms with Gasteiger partial charge < -0.3 is 0 Å². The first-order valence-electron chi connectivity index (χ1n) is 3.43. The Morgan fingerprint density at radius 3 is 1.44 bits per heavy atom. The van der Waals surface area contributed by atoms with E-state index in [9.17, 15) is 43.5 Å². The maximum absolute atomic E-state index is 12.3. The fraction of sp³-hybridized carbons (Fsp3) is 1.00. The van der Waals surface area contributed by atoms with Crippen LogP contribution >= 0.6 is 0 Å². The molecule has 0 unspecified atom stereocenters. The van der Waals surface area contributed by atoms with Crippen molar-refractivity contribution in [1.29, 1.82) is 0 Å². The summed E-state index contributed by atoms with van der Waals surface area (Å²) >= 11 is 0. The van der Waals surface area contributed by atoms with E-state index in [1.165, 1.54) is 0 Å². The van der Waals surface area contributed by atoms with E-state index in [0.717, 1.165) is 0 Å². The molecule has 0 bridgehead atoms. The average molecular weight is 313 g/mol. The number of halogens is 8. The molecule has 0 saturated heterocycles. The van der Waals surface area contributed by atoms with Crippen molar-refractivity contribution in [3.63, 3.8) is 0 Å². The molecule has 0 aromatic heterocycles. The van der Waals surface area contributed by atoms with Crippen molar-refractivity contribution in [3.8, 4) is 0 Å². The fourth-order valence-corrected chi connectivity index (χ4v) is 0.781. The van der Waals surface area contributed by atoms with Gasteiger partial charge in [0.1, 0.15) is 0 Å². The van der Waals surface area contributed by atoms with E-state index < -0.39 is 33.6 Å². The highest BCUT2D eigenvalue weighted by Gasteiger charge is 2.73. The van der Waals surface area contributed by atoms with Crippen LogP contribution in [0.4, 0.5) is 35.1 Å². The van der Waals surface area contributed by atoms with Gasteiger partial charge in [-0.2, -0.15) is 43.5 Å². The molecular formula is C4H3F8NO4S. The number of alkyl halides is 8. The first kappa shape index (κ1) is 17.3. The van der Waals surface area contributed by atoms with Gasteiger partial charge in [0.25, 0.3) is 0 Å². The van der Waals surface area contributed by atoms with Gasteiger partial charge in [-0.05, 0) is 0 Å². The Labute approximate surface area is 93.2 Å². The summed E-state index contributed by atoms with van der Waals surface area (Å²) in [6, 6.07) is -5.80. The smallest absolute Gasteiger partial charge is 0.281 e. The second kappa shape index (κ2) is 4.14. The number of ether oxygens (including phenoxy) is 1. The van der Waals surface area contributed by atoms with E-state index in [1.807, 2.05) is 0 Å². The Morgan fingerprint density at radius 2 is 1.22 bits per heavy atom. The van der Waals surface area contributed by atoms with Crippen molar-refractivity contribution < 1.29 is 52.8 Å². The Morgan fingerprint density at radius 1 is 0.889 bits per heavy atom. The minimum atomic E-state index is -6.91. The van der Waals surface area contributed by atoms with Crippen LogP contribution < -0.4 is 5.73 Å². The Hall–Kier alpha value is -0.730. The molecule has 0 atom stereocenters. The Balaban J connectivity index is 5.47. The molecule has 0 spiro atoms. The van der Waals surface area contributed by atoms with E-state index in [-0.39, 0.29) is 0 Å². The maximum Gasteiger partial charge on any atom is 0.460 e. The largest absolute Gasteiger partial charge is 0.460 e. The monoisotopic (exact) mass is 313 g/mol. The summed E-state index contributed by atoms with van der Waals surface area (Å²) in [6.45, 7) is 0. The lowest BCUT2D eigenvalue weighted by atomic mass is 10.5. The van der Waals surface area contributed by atoms with Gasteiger partial charge in [-0.25, -0.2) is 4.74 Å². The maximum atomic E-state index is 12.3. The predicted octanol–water partition coefficient (Wildman–Crippen LogP) is 1.22. The average Bonchev–Trinajstić information content (AvgIpc) is 1.96. The normalized spacial score (nSPS) is 15.9. The third kappa shape index (κ3) is 2.99. The third-order valence-corrected chi connectivity index (χ3v) is 2.19. The van der Waals surface area contributed by atoms with Crippen molar-refractivity contribution in [2.24, 2.45) is 5.73 Å². The van der Waals surface area contributed by atoms with Gasteiger partial charge in [0.15, 0.2) is 0 Å². The topological polar surface area (TPSA) is 89.6 Å². The minimum Gasteiger partial charge on any atom is -0.281 e. The summed E-state index contributed by atoms with van der Waals surface area (Å²) < 4.78 is 126. The highest BCUT2D eigenvalue weighted by Crippen LogP contribution is 2.45. The summed E-state index contributed by atoms with van der Waals surface area (Å²) in [5.74, 6) is 0. The van der Waals surface area contributed by atoms with E-state index in [2.05, 4.69) is 5.73 Å². The number of hydrogen-bond donors (Lipinski definition) is 2. The van der Waals surface area contributed by atoms with Crippen molar-refractivity contribution in [3.05, 3.63) is 0 Å². The molecule has 0 radical (unpaired) electrons. The number of nitrogens with two attached hydrogens (primary N) is 1. The molecule has 0 fully saturated rings. The van der Waals surface area contributed by atoms with Crippen molar-refractivity contribution >= 4 is 10.1 Å². The summed E-state index contributed by atoms with van der Waals surface area (Å²) in [4.78, 5) is 0. The van der Waals surface area contributed by atoms with Gasteiger partial charge in [0.05, 0.1) is 0 Å². The van der Waals surface area contributed by atoms with Crippen LogP contribution in [-0.2, 0) is 14.9 Å². The van der Waals surface area contributed by atoms with E-state index >= 15 is 0 Å².